The lowest BCUT2D eigenvalue weighted by Gasteiger charge is -2.28. The van der Waals surface area contributed by atoms with Crippen molar-refractivity contribution in [2.45, 2.75) is 44.2 Å². The van der Waals surface area contributed by atoms with E-state index in [1.807, 2.05) is 0 Å². The Labute approximate surface area is 158 Å². The molecule has 7 heteroatoms. The summed E-state index contributed by atoms with van der Waals surface area (Å²) in [5.41, 5.74) is 0.471. The first-order valence-corrected chi connectivity index (χ1v) is 10.2. The summed E-state index contributed by atoms with van der Waals surface area (Å²) in [4.78, 5) is 27.4. The van der Waals surface area contributed by atoms with Crippen LogP contribution in [0.15, 0.2) is 18.2 Å². The van der Waals surface area contributed by atoms with Crippen LogP contribution >= 0.6 is 11.8 Å². The van der Waals surface area contributed by atoms with Crippen LogP contribution in [0.1, 0.15) is 42.5 Å². The van der Waals surface area contributed by atoms with Crippen LogP contribution in [-0.4, -0.2) is 54.6 Å². The van der Waals surface area contributed by atoms with Gasteiger partial charge in [-0.15, -0.1) is 11.8 Å². The summed E-state index contributed by atoms with van der Waals surface area (Å²) in [7, 11) is 3.10. The molecule has 0 bridgehead atoms. The summed E-state index contributed by atoms with van der Waals surface area (Å²) >= 11 is 1.61. The Morgan fingerprint density at radius 2 is 1.73 bits per heavy atom. The molecule has 1 unspecified atom stereocenters. The Hall–Kier alpha value is -1.89. The average Bonchev–Trinajstić information content (AvgIpc) is 3.17. The van der Waals surface area contributed by atoms with Crippen molar-refractivity contribution in [1.82, 2.24) is 10.2 Å². The number of nitrogens with one attached hydrogen (secondary N) is 1. The van der Waals surface area contributed by atoms with Crippen LogP contribution in [-0.2, 0) is 4.79 Å². The second-order valence-electron chi connectivity index (χ2n) is 6.74. The van der Waals surface area contributed by atoms with Crippen LogP contribution in [0.4, 0.5) is 0 Å². The number of rotatable bonds is 5. The zero-order chi connectivity index (χ0) is 18.5. The minimum Gasteiger partial charge on any atom is -0.497 e. The lowest BCUT2D eigenvalue weighted by Crippen LogP contribution is -2.50. The van der Waals surface area contributed by atoms with Crippen molar-refractivity contribution in [2.75, 3.05) is 25.8 Å². The largest absolute Gasteiger partial charge is 0.497 e. The second-order valence-corrected chi connectivity index (χ2v) is 7.74. The van der Waals surface area contributed by atoms with E-state index in [2.05, 4.69) is 5.32 Å². The first-order valence-electron chi connectivity index (χ1n) is 9.04. The van der Waals surface area contributed by atoms with Crippen LogP contribution in [0, 0.1) is 0 Å². The number of thioether (sulfide) groups is 1. The quantitative estimate of drug-likeness (QED) is 0.853. The molecule has 2 amide bonds. The molecule has 1 aliphatic heterocycles. The number of carbonyl (C=O) groups excluding carboxylic acids is 2. The maximum absolute atomic E-state index is 13.0. The van der Waals surface area contributed by atoms with E-state index in [0.29, 0.717) is 28.7 Å². The van der Waals surface area contributed by atoms with Crippen LogP contribution in [0.3, 0.4) is 0 Å². The molecule has 1 saturated heterocycles. The van der Waals surface area contributed by atoms with Crippen molar-refractivity contribution in [3.63, 3.8) is 0 Å². The van der Waals surface area contributed by atoms with Gasteiger partial charge in [0.1, 0.15) is 17.5 Å². The van der Waals surface area contributed by atoms with Gasteiger partial charge in [-0.1, -0.05) is 19.3 Å². The van der Waals surface area contributed by atoms with E-state index >= 15 is 0 Å². The van der Waals surface area contributed by atoms with E-state index in [9.17, 15) is 9.59 Å². The Morgan fingerprint density at radius 3 is 2.35 bits per heavy atom. The van der Waals surface area contributed by atoms with Gasteiger partial charge < -0.3 is 19.7 Å². The SMILES string of the molecule is COc1cc(OC)cc(C(=O)N2CSCC2C(=O)NC2CCCCC2)c1. The van der Waals surface area contributed by atoms with E-state index in [1.165, 1.54) is 6.42 Å². The van der Waals surface area contributed by atoms with Gasteiger partial charge in [-0.2, -0.15) is 0 Å². The maximum atomic E-state index is 13.0. The molecule has 1 aromatic carbocycles. The zero-order valence-corrected chi connectivity index (χ0v) is 16.1. The van der Waals surface area contributed by atoms with Gasteiger partial charge in [0.25, 0.3) is 5.91 Å². The normalized spacial score (nSPS) is 20.7. The summed E-state index contributed by atoms with van der Waals surface area (Å²) in [6, 6.07) is 4.92. The minimum absolute atomic E-state index is 0.0369. The van der Waals surface area contributed by atoms with E-state index in [1.54, 1.807) is 49.1 Å². The molecular weight excluding hydrogens is 352 g/mol. The van der Waals surface area contributed by atoms with Crippen LogP contribution < -0.4 is 14.8 Å². The highest BCUT2D eigenvalue weighted by atomic mass is 32.2. The Balaban J connectivity index is 1.72. The van der Waals surface area contributed by atoms with Gasteiger partial charge in [0.15, 0.2) is 0 Å². The number of carbonyl (C=O) groups is 2. The number of nitrogens with zero attached hydrogens (tertiary/aromatic N) is 1. The topological polar surface area (TPSA) is 67.9 Å². The molecule has 1 aromatic rings. The van der Waals surface area contributed by atoms with Crippen molar-refractivity contribution in [1.29, 1.82) is 0 Å². The Bertz CT molecular complexity index is 639. The van der Waals surface area contributed by atoms with Crippen molar-refractivity contribution >= 4 is 23.6 Å². The number of ether oxygens (including phenoxy) is 2. The van der Waals surface area contributed by atoms with Crippen molar-refractivity contribution in [3.8, 4) is 11.5 Å². The first kappa shape index (κ1) is 18.9. The number of hydrogen-bond donors (Lipinski definition) is 1. The lowest BCUT2D eigenvalue weighted by atomic mass is 9.95. The highest BCUT2D eigenvalue weighted by Gasteiger charge is 2.36. The lowest BCUT2D eigenvalue weighted by molar-refractivity contribution is -0.125. The molecule has 3 rings (SSSR count). The monoisotopic (exact) mass is 378 g/mol. The molecular formula is C19H26N2O4S. The Morgan fingerprint density at radius 1 is 1.08 bits per heavy atom. The first-order chi connectivity index (χ1) is 12.6. The van der Waals surface area contributed by atoms with Gasteiger partial charge in [-0.3, -0.25) is 9.59 Å². The van der Waals surface area contributed by atoms with Gasteiger partial charge >= 0.3 is 0 Å². The molecule has 1 heterocycles. The molecule has 142 valence electrons. The number of hydrogen-bond acceptors (Lipinski definition) is 5. The highest BCUT2D eigenvalue weighted by molar-refractivity contribution is 7.99. The predicted octanol–water partition coefficient (Wildman–Crippen LogP) is 2.67. The van der Waals surface area contributed by atoms with Crippen molar-refractivity contribution < 1.29 is 19.1 Å². The summed E-state index contributed by atoms with van der Waals surface area (Å²) in [5, 5.41) is 3.15. The van der Waals surface area contributed by atoms with Crippen LogP contribution in [0.2, 0.25) is 0 Å². The molecule has 1 saturated carbocycles. The fraction of sp³-hybridized carbons (Fsp3) is 0.579. The molecule has 0 aromatic heterocycles. The molecule has 1 aliphatic carbocycles. The van der Waals surface area contributed by atoms with Gasteiger partial charge in [0, 0.05) is 23.4 Å². The third-order valence-corrected chi connectivity index (χ3v) is 6.01. The van der Waals surface area contributed by atoms with Crippen LogP contribution in [0.5, 0.6) is 11.5 Å². The molecule has 0 radical (unpaired) electrons. The molecule has 2 aliphatic rings. The van der Waals surface area contributed by atoms with Gasteiger partial charge in [-0.05, 0) is 25.0 Å². The van der Waals surface area contributed by atoms with Crippen LogP contribution in [0.25, 0.3) is 0 Å². The summed E-state index contributed by atoms with van der Waals surface area (Å²) in [6.07, 6.45) is 5.64. The third-order valence-electron chi connectivity index (χ3n) is 5.00. The number of benzene rings is 1. The second kappa shape index (κ2) is 8.66. The van der Waals surface area contributed by atoms with Crippen molar-refractivity contribution in [2.24, 2.45) is 0 Å². The van der Waals surface area contributed by atoms with E-state index in [-0.39, 0.29) is 17.9 Å². The minimum atomic E-state index is -0.424. The average molecular weight is 378 g/mol. The van der Waals surface area contributed by atoms with E-state index in [0.717, 1.165) is 25.7 Å². The summed E-state index contributed by atoms with van der Waals surface area (Å²) < 4.78 is 10.5. The smallest absolute Gasteiger partial charge is 0.255 e. The maximum Gasteiger partial charge on any atom is 0.255 e. The molecule has 2 fully saturated rings. The number of amides is 2. The van der Waals surface area contributed by atoms with Gasteiger partial charge in [0.2, 0.25) is 5.91 Å². The van der Waals surface area contributed by atoms with E-state index < -0.39 is 6.04 Å². The Kier molecular flexibility index (Phi) is 6.29. The number of methoxy groups -OCH3 is 2. The van der Waals surface area contributed by atoms with Gasteiger partial charge in [0.05, 0.1) is 20.1 Å². The van der Waals surface area contributed by atoms with Gasteiger partial charge in [-0.25, -0.2) is 0 Å². The summed E-state index contributed by atoms with van der Waals surface area (Å²) in [5.74, 6) is 2.05. The molecule has 26 heavy (non-hydrogen) atoms. The molecule has 6 nitrogen and oxygen atoms in total. The summed E-state index contributed by atoms with van der Waals surface area (Å²) in [6.45, 7) is 0. The van der Waals surface area contributed by atoms with E-state index in [4.69, 9.17) is 9.47 Å². The standard InChI is InChI=1S/C19H26N2O4S/c1-24-15-8-13(9-16(10-15)25-2)19(23)21-12-26-11-17(21)18(22)20-14-6-4-3-5-7-14/h8-10,14,17H,3-7,11-12H2,1-2H3,(H,20,22). The molecule has 0 spiro atoms. The fourth-order valence-corrected chi connectivity index (χ4v) is 4.65. The molecule has 1 N–H and O–H groups in total. The highest BCUT2D eigenvalue weighted by Crippen LogP contribution is 2.28. The predicted molar refractivity (Wildman–Crippen MR) is 102 cm³/mol. The third kappa shape index (κ3) is 4.26. The van der Waals surface area contributed by atoms with Crippen molar-refractivity contribution in [3.05, 3.63) is 23.8 Å². The fourth-order valence-electron chi connectivity index (χ4n) is 3.50. The zero-order valence-electron chi connectivity index (χ0n) is 15.3. The molecule has 1 atom stereocenters.